The van der Waals surface area contributed by atoms with Crippen LogP contribution in [0.4, 0.5) is 0 Å². The summed E-state index contributed by atoms with van der Waals surface area (Å²) in [7, 11) is 1.75. The van der Waals surface area contributed by atoms with Gasteiger partial charge in [-0.05, 0) is 93.3 Å². The Hall–Kier alpha value is -2.70. The van der Waals surface area contributed by atoms with Crippen LogP contribution in [-0.4, -0.2) is 71.6 Å². The summed E-state index contributed by atoms with van der Waals surface area (Å²) in [4.78, 5) is 25.8. The van der Waals surface area contributed by atoms with Crippen LogP contribution in [0.2, 0.25) is 0 Å². The van der Waals surface area contributed by atoms with Crippen LogP contribution < -0.4 is 0 Å². The Morgan fingerprint density at radius 3 is 2.49 bits per heavy atom. The number of rotatable bonds is 7. The second kappa shape index (κ2) is 11.0. The number of carbonyl (C=O) groups excluding carboxylic acids is 1. The number of pyridine rings is 1. The smallest absolute Gasteiger partial charge is 0.236 e. The zero-order chi connectivity index (χ0) is 26.1. The molecule has 2 saturated heterocycles. The van der Waals surface area contributed by atoms with Gasteiger partial charge in [-0.1, -0.05) is 19.9 Å². The zero-order valence-electron chi connectivity index (χ0n) is 23.1. The van der Waals surface area contributed by atoms with Gasteiger partial charge in [-0.2, -0.15) is 0 Å². The highest BCUT2D eigenvalue weighted by Crippen LogP contribution is 2.38. The van der Waals surface area contributed by atoms with Crippen LogP contribution in [0.3, 0.4) is 0 Å². The molecule has 2 aliphatic rings. The molecule has 1 amide bonds. The van der Waals surface area contributed by atoms with E-state index in [1.54, 1.807) is 7.11 Å². The minimum atomic E-state index is 0.275. The van der Waals surface area contributed by atoms with Crippen molar-refractivity contribution in [1.82, 2.24) is 19.8 Å². The lowest BCUT2D eigenvalue weighted by atomic mass is 9.87. The van der Waals surface area contributed by atoms with Crippen LogP contribution in [0, 0.1) is 13.8 Å². The Morgan fingerprint density at radius 2 is 1.81 bits per heavy atom. The van der Waals surface area contributed by atoms with Crippen LogP contribution in [0.15, 0.2) is 30.3 Å². The highest BCUT2D eigenvalue weighted by atomic mass is 16.5. The third-order valence-electron chi connectivity index (χ3n) is 8.33. The standard InChI is InChI=1S/C31H42N4O2/c1-20(2)30-27-17-24(8-9-28(27)33-31(30)25-15-21(3)32-22(4)16-25)23-10-13-34(14-11-23)29(36)18-35-12-6-7-26(35)19-37-5/h8-9,15-17,20,23,26,33H,6-7,10-14,18-19H2,1-5H3/t26-/m0/s1. The molecule has 0 bridgehead atoms. The number of ether oxygens (including phenoxy) is 1. The maximum Gasteiger partial charge on any atom is 0.236 e. The van der Waals surface area contributed by atoms with Crippen molar-refractivity contribution in [2.75, 3.05) is 39.9 Å². The van der Waals surface area contributed by atoms with Crippen LogP contribution in [0.1, 0.15) is 73.9 Å². The number of aryl methyl sites for hydroxylation is 2. The summed E-state index contributed by atoms with van der Waals surface area (Å²) in [5, 5.41) is 1.33. The molecule has 4 heterocycles. The summed E-state index contributed by atoms with van der Waals surface area (Å²) in [5.41, 5.74) is 8.49. The molecule has 198 valence electrons. The fraction of sp³-hybridized carbons (Fsp3) is 0.548. The van der Waals surface area contributed by atoms with E-state index in [-0.39, 0.29) is 5.91 Å². The number of hydrogen-bond donors (Lipinski definition) is 1. The van der Waals surface area contributed by atoms with Gasteiger partial charge in [0.25, 0.3) is 0 Å². The van der Waals surface area contributed by atoms with Crippen molar-refractivity contribution in [3.63, 3.8) is 0 Å². The van der Waals surface area contributed by atoms with Crippen molar-refractivity contribution in [1.29, 1.82) is 0 Å². The second-order valence-corrected chi connectivity index (χ2v) is 11.4. The molecule has 2 fully saturated rings. The fourth-order valence-corrected chi connectivity index (χ4v) is 6.51. The number of methoxy groups -OCH3 is 1. The molecule has 2 aliphatic heterocycles. The molecular formula is C31H42N4O2. The van der Waals surface area contributed by atoms with Crippen molar-refractivity contribution in [2.24, 2.45) is 0 Å². The number of aromatic nitrogens is 2. The Labute approximate surface area is 221 Å². The van der Waals surface area contributed by atoms with E-state index in [0.29, 0.717) is 24.4 Å². The number of nitrogens with one attached hydrogen (secondary N) is 1. The molecule has 1 N–H and O–H groups in total. The SMILES string of the molecule is COC[C@@H]1CCCN1CC(=O)N1CCC(c2ccc3[nH]c(-c4cc(C)nc(C)c4)c(C(C)C)c3c2)CC1. The quantitative estimate of drug-likeness (QED) is 0.444. The summed E-state index contributed by atoms with van der Waals surface area (Å²) in [6.45, 7) is 12.6. The van der Waals surface area contributed by atoms with Crippen molar-refractivity contribution in [3.05, 3.63) is 52.8 Å². The van der Waals surface area contributed by atoms with Crippen molar-refractivity contribution < 1.29 is 9.53 Å². The number of H-pyrrole nitrogens is 1. The van der Waals surface area contributed by atoms with Gasteiger partial charge in [-0.15, -0.1) is 0 Å². The Bertz CT molecular complexity index is 1240. The number of likely N-dealkylation sites (tertiary alicyclic amines) is 2. The minimum absolute atomic E-state index is 0.275. The lowest BCUT2D eigenvalue weighted by Gasteiger charge is -2.34. The van der Waals surface area contributed by atoms with Crippen LogP contribution in [0.25, 0.3) is 22.2 Å². The highest BCUT2D eigenvalue weighted by Gasteiger charge is 2.30. The van der Waals surface area contributed by atoms with Crippen molar-refractivity contribution in [2.45, 2.75) is 71.3 Å². The Kier molecular flexibility index (Phi) is 7.68. The average Bonchev–Trinajstić information content (AvgIpc) is 3.47. The van der Waals surface area contributed by atoms with Gasteiger partial charge in [0.2, 0.25) is 5.91 Å². The second-order valence-electron chi connectivity index (χ2n) is 11.4. The van der Waals surface area contributed by atoms with Crippen molar-refractivity contribution >= 4 is 16.8 Å². The molecule has 5 rings (SSSR count). The first-order chi connectivity index (χ1) is 17.8. The zero-order valence-corrected chi connectivity index (χ0v) is 23.1. The van der Waals surface area contributed by atoms with Crippen LogP contribution >= 0.6 is 0 Å². The van der Waals surface area contributed by atoms with E-state index in [1.807, 2.05) is 0 Å². The van der Waals surface area contributed by atoms with Crippen LogP contribution in [-0.2, 0) is 9.53 Å². The van der Waals surface area contributed by atoms with E-state index >= 15 is 0 Å². The van der Waals surface area contributed by atoms with E-state index < -0.39 is 0 Å². The summed E-state index contributed by atoms with van der Waals surface area (Å²) < 4.78 is 5.37. The molecular weight excluding hydrogens is 460 g/mol. The van der Waals surface area contributed by atoms with E-state index in [0.717, 1.165) is 63.3 Å². The minimum Gasteiger partial charge on any atom is -0.383 e. The van der Waals surface area contributed by atoms with Gasteiger partial charge in [-0.25, -0.2) is 0 Å². The number of benzene rings is 1. The van der Waals surface area contributed by atoms with Gasteiger partial charge in [-0.3, -0.25) is 14.7 Å². The Morgan fingerprint density at radius 1 is 1.08 bits per heavy atom. The Balaban J connectivity index is 1.31. The van der Waals surface area contributed by atoms with E-state index in [2.05, 4.69) is 77.8 Å². The number of aromatic amines is 1. The number of fused-ring (bicyclic) bond motifs is 1. The molecule has 0 unspecified atom stereocenters. The molecule has 3 aromatic rings. The van der Waals surface area contributed by atoms with Gasteiger partial charge >= 0.3 is 0 Å². The third kappa shape index (κ3) is 5.46. The summed E-state index contributed by atoms with van der Waals surface area (Å²) in [6.07, 6.45) is 4.34. The first-order valence-corrected chi connectivity index (χ1v) is 14.0. The summed E-state index contributed by atoms with van der Waals surface area (Å²) >= 11 is 0. The van der Waals surface area contributed by atoms with Crippen LogP contribution in [0.5, 0.6) is 0 Å². The predicted molar refractivity (Wildman–Crippen MR) is 150 cm³/mol. The monoisotopic (exact) mass is 502 g/mol. The molecule has 0 radical (unpaired) electrons. The molecule has 0 aliphatic carbocycles. The first-order valence-electron chi connectivity index (χ1n) is 14.0. The van der Waals surface area contributed by atoms with Gasteiger partial charge in [0.05, 0.1) is 18.8 Å². The van der Waals surface area contributed by atoms with Gasteiger partial charge < -0.3 is 14.6 Å². The van der Waals surface area contributed by atoms with E-state index in [1.165, 1.54) is 33.3 Å². The molecule has 0 saturated carbocycles. The van der Waals surface area contributed by atoms with Gasteiger partial charge in [0, 0.05) is 54.1 Å². The number of hydrogen-bond acceptors (Lipinski definition) is 4. The predicted octanol–water partition coefficient (Wildman–Crippen LogP) is 5.79. The molecule has 1 aromatic carbocycles. The maximum atomic E-state index is 13.1. The largest absolute Gasteiger partial charge is 0.383 e. The lowest BCUT2D eigenvalue weighted by Crippen LogP contribution is -2.45. The molecule has 37 heavy (non-hydrogen) atoms. The number of amides is 1. The number of carbonyl (C=O) groups is 1. The molecule has 1 atom stereocenters. The molecule has 0 spiro atoms. The molecule has 6 nitrogen and oxygen atoms in total. The first kappa shape index (κ1) is 25.9. The van der Waals surface area contributed by atoms with Crippen molar-refractivity contribution in [3.8, 4) is 11.3 Å². The molecule has 6 heteroatoms. The maximum absolute atomic E-state index is 13.1. The number of nitrogens with zero attached hydrogens (tertiary/aromatic N) is 3. The number of piperidine rings is 1. The van der Waals surface area contributed by atoms with Gasteiger partial charge in [0.1, 0.15) is 0 Å². The summed E-state index contributed by atoms with van der Waals surface area (Å²) in [5.74, 6) is 1.17. The lowest BCUT2D eigenvalue weighted by molar-refractivity contribution is -0.133. The third-order valence-corrected chi connectivity index (χ3v) is 8.33. The van der Waals surface area contributed by atoms with Gasteiger partial charge in [0.15, 0.2) is 0 Å². The molecule has 2 aromatic heterocycles. The highest BCUT2D eigenvalue weighted by molar-refractivity contribution is 5.92. The fourth-order valence-electron chi connectivity index (χ4n) is 6.51. The normalized spacial score (nSPS) is 19.4. The van der Waals surface area contributed by atoms with E-state index in [4.69, 9.17) is 4.74 Å². The van der Waals surface area contributed by atoms with E-state index in [9.17, 15) is 4.79 Å². The topological polar surface area (TPSA) is 61.5 Å². The summed E-state index contributed by atoms with van der Waals surface area (Å²) in [6, 6.07) is 11.7. The average molecular weight is 503 g/mol.